The largest absolute Gasteiger partial charge is 0.438 e. The predicted molar refractivity (Wildman–Crippen MR) is 102 cm³/mol. The average molecular weight is 329 g/mol. The maximum absolute atomic E-state index is 5.98. The number of rotatable bonds is 0. The lowest BCUT2D eigenvalue weighted by molar-refractivity contribution is 0.590. The molecular weight excluding hydrogens is 310 g/mol. The van der Waals surface area contributed by atoms with E-state index < -0.39 is 0 Å². The third kappa shape index (κ3) is 2.08. The molecule has 0 saturated heterocycles. The number of nitrogens with zero attached hydrogens (tertiary/aromatic N) is 1. The van der Waals surface area contributed by atoms with Gasteiger partial charge in [0.1, 0.15) is 11.2 Å². The fraction of sp³-hybridized carbons (Fsp3) is 0.227. The molecule has 5 aromatic rings. The molecule has 3 heteroatoms. The lowest BCUT2D eigenvalue weighted by Gasteiger charge is -2.18. The summed E-state index contributed by atoms with van der Waals surface area (Å²) in [5.41, 5.74) is 5.57. The van der Waals surface area contributed by atoms with Crippen LogP contribution in [0, 0.1) is 6.92 Å². The Morgan fingerprint density at radius 2 is 1.32 bits per heavy atom. The number of benzene rings is 2. The first kappa shape index (κ1) is 14.5. The van der Waals surface area contributed by atoms with Gasteiger partial charge in [0.05, 0.1) is 0 Å². The molecule has 0 N–H and O–H groups in total. The van der Waals surface area contributed by atoms with Crippen LogP contribution in [-0.2, 0) is 5.41 Å². The molecule has 0 aliphatic heterocycles. The van der Waals surface area contributed by atoms with Crippen LogP contribution >= 0.6 is 0 Å². The van der Waals surface area contributed by atoms with Gasteiger partial charge in [-0.15, -0.1) is 0 Å². The number of hydrogen-bond donors (Lipinski definition) is 0. The highest BCUT2D eigenvalue weighted by molar-refractivity contribution is 6.12. The van der Waals surface area contributed by atoms with Crippen LogP contribution in [0.5, 0.6) is 0 Å². The zero-order valence-corrected chi connectivity index (χ0v) is 14.8. The Morgan fingerprint density at radius 1 is 0.720 bits per heavy atom. The monoisotopic (exact) mass is 329 g/mol. The molecule has 0 radical (unpaired) electrons. The molecule has 2 aromatic carbocycles. The summed E-state index contributed by atoms with van der Waals surface area (Å²) in [6, 6.07) is 14.8. The van der Waals surface area contributed by atoms with Crippen molar-refractivity contribution < 1.29 is 8.83 Å². The fourth-order valence-electron chi connectivity index (χ4n) is 3.47. The first-order valence-corrected chi connectivity index (χ1v) is 8.57. The molecular formula is C22H19NO2. The summed E-state index contributed by atoms with van der Waals surface area (Å²) in [6.45, 7) is 8.75. The van der Waals surface area contributed by atoms with Crippen molar-refractivity contribution in [2.45, 2.75) is 33.1 Å². The first-order valence-electron chi connectivity index (χ1n) is 8.57. The Labute approximate surface area is 145 Å². The molecule has 3 aromatic heterocycles. The standard InChI is InChI=1S/C22H19NO2/c1-12-5-7-18-14(9-12)16-11-17-15-10-13(22(2,3)4)6-8-19(15)25-21(17)23-20(16)24-18/h5-11H,1-4H3. The highest BCUT2D eigenvalue weighted by Gasteiger charge is 2.18. The minimum absolute atomic E-state index is 0.0920. The van der Waals surface area contributed by atoms with Gasteiger partial charge in [0.25, 0.3) is 0 Å². The van der Waals surface area contributed by atoms with Crippen molar-refractivity contribution >= 4 is 44.1 Å². The van der Waals surface area contributed by atoms with Gasteiger partial charge >= 0.3 is 0 Å². The van der Waals surface area contributed by atoms with Crippen LogP contribution in [0.15, 0.2) is 51.3 Å². The highest BCUT2D eigenvalue weighted by atomic mass is 16.4. The van der Waals surface area contributed by atoms with Gasteiger partial charge in [-0.2, -0.15) is 4.98 Å². The summed E-state index contributed by atoms with van der Waals surface area (Å²) in [4.78, 5) is 4.64. The fourth-order valence-corrected chi connectivity index (χ4v) is 3.47. The first-order chi connectivity index (χ1) is 11.9. The lowest BCUT2D eigenvalue weighted by Crippen LogP contribution is -2.10. The van der Waals surface area contributed by atoms with E-state index in [2.05, 4.69) is 63.0 Å². The molecule has 5 rings (SSSR count). The van der Waals surface area contributed by atoms with Crippen molar-refractivity contribution in [2.24, 2.45) is 0 Å². The topological polar surface area (TPSA) is 39.2 Å². The van der Waals surface area contributed by atoms with Crippen LogP contribution in [0.1, 0.15) is 31.9 Å². The summed E-state index contributed by atoms with van der Waals surface area (Å²) in [6.07, 6.45) is 0. The Kier molecular flexibility index (Phi) is 2.69. The smallest absolute Gasteiger partial charge is 0.230 e. The minimum Gasteiger partial charge on any atom is -0.438 e. The zero-order valence-electron chi connectivity index (χ0n) is 14.8. The van der Waals surface area contributed by atoms with Gasteiger partial charge in [-0.3, -0.25) is 0 Å². The number of aryl methyl sites for hydroxylation is 1. The van der Waals surface area contributed by atoms with Crippen molar-refractivity contribution in [1.29, 1.82) is 0 Å². The van der Waals surface area contributed by atoms with Crippen LogP contribution in [0.25, 0.3) is 44.1 Å². The van der Waals surface area contributed by atoms with Crippen LogP contribution in [0.2, 0.25) is 0 Å². The Balaban J connectivity index is 1.90. The predicted octanol–water partition coefficient (Wildman–Crippen LogP) is 6.49. The Hall–Kier alpha value is -2.81. The van der Waals surface area contributed by atoms with E-state index in [1.54, 1.807) is 0 Å². The van der Waals surface area contributed by atoms with E-state index in [9.17, 15) is 0 Å². The molecule has 0 fully saturated rings. The third-order valence-electron chi connectivity index (χ3n) is 4.93. The van der Waals surface area contributed by atoms with Gasteiger partial charge in [0.15, 0.2) is 0 Å². The van der Waals surface area contributed by atoms with Gasteiger partial charge in [-0.25, -0.2) is 0 Å². The van der Waals surface area contributed by atoms with Gasteiger partial charge < -0.3 is 8.83 Å². The van der Waals surface area contributed by atoms with E-state index in [1.807, 2.05) is 12.1 Å². The van der Waals surface area contributed by atoms with Crippen molar-refractivity contribution in [2.75, 3.05) is 0 Å². The Morgan fingerprint density at radius 3 is 1.96 bits per heavy atom. The molecule has 124 valence electrons. The SMILES string of the molecule is Cc1ccc2oc3nc4oc5ccc(C(C)(C)C)cc5c4cc3c2c1. The number of fused-ring (bicyclic) bond motifs is 6. The normalized spacial score (nSPS) is 12.8. The van der Waals surface area contributed by atoms with Crippen LogP contribution in [-0.4, -0.2) is 4.98 Å². The quantitative estimate of drug-likeness (QED) is 0.326. The Bertz CT molecular complexity index is 1280. The molecule has 0 amide bonds. The number of hydrogen-bond acceptors (Lipinski definition) is 3. The molecule has 3 nitrogen and oxygen atoms in total. The summed E-state index contributed by atoms with van der Waals surface area (Å²) >= 11 is 0. The van der Waals surface area contributed by atoms with E-state index in [4.69, 9.17) is 8.83 Å². The van der Waals surface area contributed by atoms with Crippen molar-refractivity contribution in [3.05, 3.63) is 53.6 Å². The van der Waals surface area contributed by atoms with E-state index in [1.165, 1.54) is 11.1 Å². The molecule has 25 heavy (non-hydrogen) atoms. The second-order valence-corrected chi connectivity index (χ2v) is 7.86. The highest BCUT2D eigenvalue weighted by Crippen LogP contribution is 2.36. The maximum Gasteiger partial charge on any atom is 0.230 e. The summed E-state index contributed by atoms with van der Waals surface area (Å²) in [5, 5.41) is 4.29. The van der Waals surface area contributed by atoms with Crippen LogP contribution in [0.4, 0.5) is 0 Å². The van der Waals surface area contributed by atoms with Gasteiger partial charge in [0.2, 0.25) is 11.4 Å². The second-order valence-electron chi connectivity index (χ2n) is 7.86. The van der Waals surface area contributed by atoms with E-state index in [0.29, 0.717) is 11.4 Å². The molecule has 0 atom stereocenters. The number of pyridine rings is 1. The van der Waals surface area contributed by atoms with E-state index in [-0.39, 0.29) is 5.41 Å². The van der Waals surface area contributed by atoms with E-state index in [0.717, 1.165) is 32.7 Å². The third-order valence-corrected chi connectivity index (χ3v) is 4.93. The molecule has 0 saturated carbocycles. The molecule has 3 heterocycles. The van der Waals surface area contributed by atoms with Gasteiger partial charge in [0, 0.05) is 21.5 Å². The van der Waals surface area contributed by atoms with Crippen LogP contribution in [0.3, 0.4) is 0 Å². The molecule has 0 unspecified atom stereocenters. The van der Waals surface area contributed by atoms with Crippen LogP contribution < -0.4 is 0 Å². The zero-order chi connectivity index (χ0) is 17.3. The number of furan rings is 2. The van der Waals surface area contributed by atoms with Crippen molar-refractivity contribution in [3.8, 4) is 0 Å². The lowest BCUT2D eigenvalue weighted by atomic mass is 9.86. The van der Waals surface area contributed by atoms with Gasteiger partial charge in [-0.1, -0.05) is 38.5 Å². The van der Waals surface area contributed by atoms with Crippen molar-refractivity contribution in [1.82, 2.24) is 4.98 Å². The molecule has 0 bridgehead atoms. The van der Waals surface area contributed by atoms with Crippen molar-refractivity contribution in [3.63, 3.8) is 0 Å². The molecule has 0 spiro atoms. The maximum atomic E-state index is 5.98. The summed E-state index contributed by atoms with van der Waals surface area (Å²) < 4.78 is 11.9. The average Bonchev–Trinajstić information content (AvgIpc) is 3.08. The van der Waals surface area contributed by atoms with Gasteiger partial charge in [-0.05, 0) is 48.2 Å². The summed E-state index contributed by atoms with van der Waals surface area (Å²) in [7, 11) is 0. The minimum atomic E-state index is 0.0920. The molecule has 0 aliphatic rings. The summed E-state index contributed by atoms with van der Waals surface area (Å²) in [5.74, 6) is 0. The molecule has 0 aliphatic carbocycles. The number of aromatic nitrogens is 1. The van der Waals surface area contributed by atoms with E-state index >= 15 is 0 Å². The second kappa shape index (κ2) is 4.63.